The number of rotatable bonds is 4. The minimum Gasteiger partial charge on any atom is -0.542 e. The molecule has 0 radical (unpaired) electrons. The van der Waals surface area contributed by atoms with E-state index in [4.69, 9.17) is 4.74 Å². The van der Waals surface area contributed by atoms with Crippen LogP contribution in [0.4, 0.5) is 0 Å². The standard InChI is InChI=1S/C11H12O3.Na/c1-2-14-10(11(12)13)8-9-6-4-3-5-7-9;/h3-8H,2H2,1H3,(H,12,13);/q;+1/p-1. The summed E-state index contributed by atoms with van der Waals surface area (Å²) in [6.45, 7) is 2.04. The fraction of sp³-hybridized carbons (Fsp3) is 0.182. The van der Waals surface area contributed by atoms with Gasteiger partial charge in [-0.05, 0) is 18.6 Å². The van der Waals surface area contributed by atoms with E-state index < -0.39 is 5.97 Å². The molecule has 0 bridgehead atoms. The summed E-state index contributed by atoms with van der Waals surface area (Å²) in [5.74, 6) is -1.44. The molecule has 1 aromatic carbocycles. The number of ether oxygens (including phenoxy) is 1. The molecule has 74 valence electrons. The number of aliphatic carboxylic acids is 1. The molecule has 4 heteroatoms. The molecular formula is C11H11NaO3. The first kappa shape index (κ1) is 14.2. The van der Waals surface area contributed by atoms with Crippen molar-refractivity contribution < 1.29 is 44.2 Å². The molecule has 0 spiro atoms. The van der Waals surface area contributed by atoms with Gasteiger partial charge >= 0.3 is 29.6 Å². The first-order valence-electron chi connectivity index (χ1n) is 4.35. The average molecular weight is 214 g/mol. The second-order valence-corrected chi connectivity index (χ2v) is 2.64. The SMILES string of the molecule is CCOC(=Cc1ccccc1)C(=O)[O-].[Na+]. The molecule has 0 aliphatic rings. The van der Waals surface area contributed by atoms with Crippen LogP contribution in [0.2, 0.25) is 0 Å². The summed E-state index contributed by atoms with van der Waals surface area (Å²) in [6.07, 6.45) is 1.44. The number of hydrogen-bond acceptors (Lipinski definition) is 3. The zero-order chi connectivity index (χ0) is 10.4. The van der Waals surface area contributed by atoms with Gasteiger partial charge in [-0.15, -0.1) is 0 Å². The molecule has 0 atom stereocenters. The van der Waals surface area contributed by atoms with Gasteiger partial charge in [0, 0.05) is 0 Å². The number of benzene rings is 1. The largest absolute Gasteiger partial charge is 1.00 e. The van der Waals surface area contributed by atoms with Gasteiger partial charge in [-0.2, -0.15) is 0 Å². The van der Waals surface area contributed by atoms with Crippen LogP contribution in [0.15, 0.2) is 36.1 Å². The quantitative estimate of drug-likeness (QED) is 0.325. The van der Waals surface area contributed by atoms with Crippen LogP contribution in [-0.4, -0.2) is 12.6 Å². The Morgan fingerprint density at radius 2 is 2.00 bits per heavy atom. The Balaban J connectivity index is 0.00000196. The summed E-state index contributed by atoms with van der Waals surface area (Å²) in [5.41, 5.74) is 0.778. The number of carbonyl (C=O) groups excluding carboxylic acids is 1. The Hall–Kier alpha value is -0.770. The van der Waals surface area contributed by atoms with Crippen molar-refractivity contribution in [3.63, 3.8) is 0 Å². The van der Waals surface area contributed by atoms with E-state index in [-0.39, 0.29) is 35.3 Å². The third kappa shape index (κ3) is 5.02. The molecule has 0 heterocycles. The molecule has 0 fully saturated rings. The summed E-state index contributed by atoms with van der Waals surface area (Å²) in [5, 5.41) is 10.6. The maximum Gasteiger partial charge on any atom is 1.00 e. The molecule has 0 aliphatic heterocycles. The van der Waals surface area contributed by atoms with Crippen LogP contribution in [0.3, 0.4) is 0 Å². The molecule has 0 saturated heterocycles. The zero-order valence-electron chi connectivity index (χ0n) is 8.90. The van der Waals surface area contributed by atoms with Gasteiger partial charge in [-0.1, -0.05) is 30.3 Å². The van der Waals surface area contributed by atoms with Gasteiger partial charge in [-0.25, -0.2) is 0 Å². The van der Waals surface area contributed by atoms with Gasteiger partial charge in [0.1, 0.15) is 11.7 Å². The first-order valence-corrected chi connectivity index (χ1v) is 4.35. The summed E-state index contributed by atoms with van der Waals surface area (Å²) < 4.78 is 4.91. The van der Waals surface area contributed by atoms with Crippen LogP contribution in [0.25, 0.3) is 6.08 Å². The maximum atomic E-state index is 10.6. The van der Waals surface area contributed by atoms with E-state index >= 15 is 0 Å². The Kier molecular flexibility index (Phi) is 7.13. The minimum atomic E-state index is -1.30. The molecule has 0 N–H and O–H groups in total. The van der Waals surface area contributed by atoms with Crippen LogP contribution < -0.4 is 34.7 Å². The number of hydrogen-bond donors (Lipinski definition) is 0. The second-order valence-electron chi connectivity index (χ2n) is 2.64. The predicted molar refractivity (Wildman–Crippen MR) is 51.1 cm³/mol. The third-order valence-corrected chi connectivity index (χ3v) is 1.60. The molecule has 1 aromatic rings. The van der Waals surface area contributed by atoms with Crippen LogP contribution in [-0.2, 0) is 9.53 Å². The van der Waals surface area contributed by atoms with Crippen LogP contribution in [0.1, 0.15) is 12.5 Å². The first-order chi connectivity index (χ1) is 6.74. The Morgan fingerprint density at radius 1 is 1.40 bits per heavy atom. The van der Waals surface area contributed by atoms with Crippen molar-refractivity contribution in [1.29, 1.82) is 0 Å². The van der Waals surface area contributed by atoms with E-state index in [1.165, 1.54) is 6.08 Å². The smallest absolute Gasteiger partial charge is 0.542 e. The van der Waals surface area contributed by atoms with E-state index in [0.717, 1.165) is 5.56 Å². The van der Waals surface area contributed by atoms with E-state index in [2.05, 4.69) is 0 Å². The van der Waals surface area contributed by atoms with E-state index in [1.54, 1.807) is 19.1 Å². The molecule has 15 heavy (non-hydrogen) atoms. The number of carboxylic acid groups (broad SMARTS) is 1. The van der Waals surface area contributed by atoms with Gasteiger partial charge < -0.3 is 14.6 Å². The Labute approximate surface area is 111 Å². The van der Waals surface area contributed by atoms with Crippen LogP contribution in [0, 0.1) is 0 Å². The van der Waals surface area contributed by atoms with E-state index in [9.17, 15) is 9.90 Å². The Morgan fingerprint density at radius 3 is 2.47 bits per heavy atom. The van der Waals surface area contributed by atoms with Crippen molar-refractivity contribution >= 4 is 12.0 Å². The summed E-state index contributed by atoms with van der Waals surface area (Å²) in [7, 11) is 0. The third-order valence-electron chi connectivity index (χ3n) is 1.60. The normalized spacial score (nSPS) is 10.3. The molecule has 3 nitrogen and oxygen atoms in total. The van der Waals surface area contributed by atoms with Crippen molar-refractivity contribution in [3.8, 4) is 0 Å². The second kappa shape index (κ2) is 7.51. The molecule has 0 aliphatic carbocycles. The Bertz CT molecular complexity index is 333. The van der Waals surface area contributed by atoms with Gasteiger partial charge in [0.2, 0.25) is 0 Å². The summed E-state index contributed by atoms with van der Waals surface area (Å²) in [4.78, 5) is 10.6. The minimum absolute atomic E-state index is 0. The van der Waals surface area contributed by atoms with Crippen molar-refractivity contribution in [3.05, 3.63) is 41.7 Å². The average Bonchev–Trinajstić information content (AvgIpc) is 2.18. The molecular weight excluding hydrogens is 203 g/mol. The van der Waals surface area contributed by atoms with Crippen molar-refractivity contribution in [2.45, 2.75) is 6.92 Å². The topological polar surface area (TPSA) is 49.4 Å². The van der Waals surface area contributed by atoms with Gasteiger partial charge in [0.25, 0.3) is 0 Å². The van der Waals surface area contributed by atoms with Gasteiger partial charge in [0.05, 0.1) is 6.61 Å². The van der Waals surface area contributed by atoms with E-state index in [1.807, 2.05) is 18.2 Å². The van der Waals surface area contributed by atoms with E-state index in [0.29, 0.717) is 6.61 Å². The monoisotopic (exact) mass is 214 g/mol. The van der Waals surface area contributed by atoms with Crippen molar-refractivity contribution in [2.24, 2.45) is 0 Å². The summed E-state index contributed by atoms with van der Waals surface area (Å²) in [6, 6.07) is 9.09. The fourth-order valence-electron chi connectivity index (χ4n) is 1.02. The van der Waals surface area contributed by atoms with Crippen molar-refractivity contribution in [1.82, 2.24) is 0 Å². The van der Waals surface area contributed by atoms with Crippen LogP contribution >= 0.6 is 0 Å². The number of carboxylic acids is 1. The molecule has 0 saturated carbocycles. The molecule has 0 amide bonds. The molecule has 0 aromatic heterocycles. The molecule has 1 rings (SSSR count). The summed E-state index contributed by atoms with van der Waals surface area (Å²) >= 11 is 0. The van der Waals surface area contributed by atoms with Gasteiger partial charge in [0.15, 0.2) is 0 Å². The van der Waals surface area contributed by atoms with Crippen molar-refractivity contribution in [2.75, 3.05) is 6.61 Å². The fourth-order valence-corrected chi connectivity index (χ4v) is 1.02. The van der Waals surface area contributed by atoms with Crippen LogP contribution in [0.5, 0.6) is 0 Å². The van der Waals surface area contributed by atoms with Gasteiger partial charge in [-0.3, -0.25) is 0 Å². The maximum absolute atomic E-state index is 10.6. The number of carbonyl (C=O) groups is 1. The zero-order valence-corrected chi connectivity index (χ0v) is 10.9. The predicted octanol–water partition coefficient (Wildman–Crippen LogP) is -2.18. The molecule has 0 unspecified atom stereocenters.